The fourth-order valence-corrected chi connectivity index (χ4v) is 0.691. The van der Waals surface area contributed by atoms with Gasteiger partial charge in [0.25, 0.3) is 0 Å². The van der Waals surface area contributed by atoms with E-state index < -0.39 is 37.2 Å². The summed E-state index contributed by atoms with van der Waals surface area (Å²) in [5, 5.41) is 8.18. The molecule has 0 fully saturated rings. The molecule has 0 amide bonds. The fraction of sp³-hybridized carbons (Fsp3) is 0.833. The zero-order valence-corrected chi connectivity index (χ0v) is 6.51. The Hall–Kier alpha value is -0.850. The molecule has 0 aliphatic heterocycles. The van der Waals surface area contributed by atoms with Crippen LogP contribution < -0.4 is 5.73 Å². The number of carboxylic acid groups (broad SMARTS) is 1. The van der Waals surface area contributed by atoms with Gasteiger partial charge in [-0.15, -0.1) is 0 Å². The minimum absolute atomic E-state index is 0.935. The van der Waals surface area contributed by atoms with Gasteiger partial charge in [0.05, 0.1) is 5.92 Å². The lowest BCUT2D eigenvalue weighted by atomic mass is 10.0. The van der Waals surface area contributed by atoms with E-state index in [-0.39, 0.29) is 0 Å². The number of carboxylic acids is 1. The molecular formula is C6H9F4NO2. The van der Waals surface area contributed by atoms with Crippen LogP contribution in [0.3, 0.4) is 0 Å². The molecule has 13 heavy (non-hydrogen) atoms. The second kappa shape index (κ2) is 4.40. The van der Waals surface area contributed by atoms with E-state index in [1.54, 1.807) is 0 Å². The molecule has 0 aromatic heterocycles. The molecule has 3 N–H and O–H groups in total. The minimum Gasteiger partial charge on any atom is -0.480 e. The van der Waals surface area contributed by atoms with E-state index in [1.807, 2.05) is 0 Å². The zero-order chi connectivity index (χ0) is 10.6. The van der Waals surface area contributed by atoms with Crippen LogP contribution in [0.15, 0.2) is 0 Å². The van der Waals surface area contributed by atoms with Crippen LogP contribution in [0.25, 0.3) is 0 Å². The largest absolute Gasteiger partial charge is 0.480 e. The van der Waals surface area contributed by atoms with Crippen LogP contribution in [-0.4, -0.2) is 30.0 Å². The van der Waals surface area contributed by atoms with Gasteiger partial charge in [-0.25, -0.2) is 0 Å². The second-order valence-electron chi connectivity index (χ2n) is 2.57. The highest BCUT2D eigenvalue weighted by atomic mass is 19.4. The van der Waals surface area contributed by atoms with E-state index in [0.29, 0.717) is 0 Å². The highest BCUT2D eigenvalue weighted by molar-refractivity contribution is 5.73. The van der Waals surface area contributed by atoms with Crippen LogP contribution in [0, 0.1) is 5.92 Å². The summed E-state index contributed by atoms with van der Waals surface area (Å²) in [7, 11) is 0. The van der Waals surface area contributed by atoms with Crippen molar-refractivity contribution in [2.24, 2.45) is 11.7 Å². The normalized spacial score (nSPS) is 16.7. The van der Waals surface area contributed by atoms with Gasteiger partial charge < -0.3 is 10.8 Å². The molecule has 0 aromatic rings. The van der Waals surface area contributed by atoms with E-state index in [2.05, 4.69) is 0 Å². The first kappa shape index (κ1) is 12.2. The maximum atomic E-state index is 11.9. The summed E-state index contributed by atoms with van der Waals surface area (Å²) in [5.74, 6) is -3.86. The van der Waals surface area contributed by atoms with Gasteiger partial charge in [0.1, 0.15) is 12.7 Å². The van der Waals surface area contributed by atoms with E-state index >= 15 is 0 Å². The molecule has 0 spiro atoms. The van der Waals surface area contributed by atoms with Gasteiger partial charge in [0.15, 0.2) is 0 Å². The third kappa shape index (κ3) is 4.07. The van der Waals surface area contributed by atoms with Crippen LogP contribution >= 0.6 is 0 Å². The Labute approximate surface area is 71.5 Å². The third-order valence-electron chi connectivity index (χ3n) is 1.50. The van der Waals surface area contributed by atoms with E-state index in [9.17, 15) is 22.4 Å². The van der Waals surface area contributed by atoms with Crippen LogP contribution in [0.1, 0.15) is 6.42 Å². The van der Waals surface area contributed by atoms with Gasteiger partial charge >= 0.3 is 12.1 Å². The van der Waals surface area contributed by atoms with E-state index in [4.69, 9.17) is 10.8 Å². The van der Waals surface area contributed by atoms with Crippen LogP contribution in [-0.2, 0) is 4.79 Å². The van der Waals surface area contributed by atoms with Crippen molar-refractivity contribution in [1.82, 2.24) is 0 Å². The van der Waals surface area contributed by atoms with Crippen LogP contribution in [0.2, 0.25) is 0 Å². The van der Waals surface area contributed by atoms with Crippen molar-refractivity contribution in [2.75, 3.05) is 6.67 Å². The maximum absolute atomic E-state index is 11.9. The van der Waals surface area contributed by atoms with Crippen molar-refractivity contribution in [2.45, 2.75) is 18.6 Å². The quantitative estimate of drug-likeness (QED) is 0.668. The van der Waals surface area contributed by atoms with Gasteiger partial charge in [0.2, 0.25) is 0 Å². The van der Waals surface area contributed by atoms with E-state index in [0.717, 1.165) is 0 Å². The molecule has 0 aliphatic carbocycles. The molecule has 0 aromatic carbocycles. The number of rotatable bonds is 4. The Morgan fingerprint density at radius 2 is 1.92 bits per heavy atom. The topological polar surface area (TPSA) is 63.3 Å². The molecule has 1 unspecified atom stereocenters. The van der Waals surface area contributed by atoms with E-state index in [1.165, 1.54) is 0 Å². The molecule has 7 heteroatoms. The zero-order valence-electron chi connectivity index (χ0n) is 6.51. The smallest absolute Gasteiger partial charge is 0.394 e. The summed E-state index contributed by atoms with van der Waals surface area (Å²) >= 11 is 0. The first-order valence-corrected chi connectivity index (χ1v) is 3.40. The van der Waals surface area contributed by atoms with Gasteiger partial charge in [-0.2, -0.15) is 13.2 Å². The number of aliphatic carboxylic acids is 1. The second-order valence-corrected chi connectivity index (χ2v) is 2.57. The van der Waals surface area contributed by atoms with Crippen molar-refractivity contribution in [3.05, 3.63) is 0 Å². The molecule has 0 saturated heterocycles. The highest BCUT2D eigenvalue weighted by Crippen LogP contribution is 2.29. The third-order valence-corrected chi connectivity index (χ3v) is 1.50. The number of nitrogens with two attached hydrogens (primary N) is 1. The average molecular weight is 203 g/mol. The molecular weight excluding hydrogens is 194 g/mol. The number of hydrogen-bond donors (Lipinski definition) is 2. The molecule has 78 valence electrons. The van der Waals surface area contributed by atoms with Crippen molar-refractivity contribution in [1.29, 1.82) is 0 Å². The van der Waals surface area contributed by atoms with Crippen molar-refractivity contribution in [3.8, 4) is 0 Å². The number of carbonyl (C=O) groups is 1. The predicted octanol–water partition coefficient (Wildman–Crippen LogP) is 0.936. The fourth-order valence-electron chi connectivity index (χ4n) is 0.691. The maximum Gasteiger partial charge on any atom is 0.394 e. The molecule has 3 nitrogen and oxygen atoms in total. The SMILES string of the molecule is N[C@@H](CC(CF)C(F)(F)F)C(=O)O. The lowest BCUT2D eigenvalue weighted by Gasteiger charge is -2.18. The summed E-state index contributed by atoms with van der Waals surface area (Å²) in [6.45, 7) is -1.65. The Morgan fingerprint density at radius 3 is 2.15 bits per heavy atom. The van der Waals surface area contributed by atoms with Crippen molar-refractivity contribution < 1.29 is 27.5 Å². The number of halogens is 4. The lowest BCUT2D eigenvalue weighted by Crippen LogP contribution is -2.37. The molecule has 0 saturated carbocycles. The van der Waals surface area contributed by atoms with Gasteiger partial charge in [-0.1, -0.05) is 0 Å². The minimum atomic E-state index is -4.73. The van der Waals surface area contributed by atoms with Gasteiger partial charge in [0, 0.05) is 0 Å². The predicted molar refractivity (Wildman–Crippen MR) is 35.7 cm³/mol. The van der Waals surface area contributed by atoms with Crippen molar-refractivity contribution >= 4 is 5.97 Å². The van der Waals surface area contributed by atoms with Crippen molar-refractivity contribution in [3.63, 3.8) is 0 Å². The first-order chi connectivity index (χ1) is 5.79. The summed E-state index contributed by atoms with van der Waals surface area (Å²) in [6, 6.07) is -1.68. The highest BCUT2D eigenvalue weighted by Gasteiger charge is 2.41. The van der Waals surface area contributed by atoms with Crippen LogP contribution in [0.5, 0.6) is 0 Å². The molecule has 2 atom stereocenters. The molecule has 0 rings (SSSR count). The van der Waals surface area contributed by atoms with Crippen LogP contribution in [0.4, 0.5) is 17.6 Å². The molecule has 0 heterocycles. The Kier molecular flexibility index (Phi) is 4.12. The monoisotopic (exact) mass is 203 g/mol. The number of hydrogen-bond acceptors (Lipinski definition) is 2. The first-order valence-electron chi connectivity index (χ1n) is 3.40. The average Bonchev–Trinajstić information content (AvgIpc) is 1.96. The lowest BCUT2D eigenvalue weighted by molar-refractivity contribution is -0.182. The summed E-state index contributed by atoms with van der Waals surface area (Å²) in [5.41, 5.74) is 4.82. The Balaban J connectivity index is 4.22. The molecule has 0 aliphatic rings. The summed E-state index contributed by atoms with van der Waals surface area (Å²) < 4.78 is 47.4. The Morgan fingerprint density at radius 1 is 1.46 bits per heavy atom. The molecule has 0 radical (unpaired) electrons. The van der Waals surface area contributed by atoms with Gasteiger partial charge in [-0.05, 0) is 6.42 Å². The summed E-state index contributed by atoms with van der Waals surface area (Å²) in [6.07, 6.45) is -5.67. The Bertz CT molecular complexity index is 182. The standard InChI is InChI=1S/C6H9F4NO2/c7-2-3(6(8,9)10)1-4(11)5(12)13/h3-4H,1-2,11H2,(H,12,13)/t3?,4-/m0/s1. The summed E-state index contributed by atoms with van der Waals surface area (Å²) in [4.78, 5) is 10.1. The number of alkyl halides is 4. The van der Waals surface area contributed by atoms with Gasteiger partial charge in [-0.3, -0.25) is 9.18 Å². The molecule has 0 bridgehead atoms.